The van der Waals surface area contributed by atoms with Crippen LogP contribution in [0, 0.1) is 11.8 Å². The Hall–Kier alpha value is -3.78. The first-order valence-corrected chi connectivity index (χ1v) is 9.58. The van der Waals surface area contributed by atoms with Crippen LogP contribution in [-0.4, -0.2) is 21.0 Å². The molecule has 0 unspecified atom stereocenters. The van der Waals surface area contributed by atoms with Gasteiger partial charge in [0.25, 0.3) is 10.8 Å². The zero-order chi connectivity index (χ0) is 20.5. The van der Waals surface area contributed by atoms with E-state index in [1.165, 1.54) is 23.5 Å². The number of nitrogen functional groups attached to an aromatic ring is 1. The van der Waals surface area contributed by atoms with Crippen LogP contribution in [0.3, 0.4) is 0 Å². The maximum absolute atomic E-state index is 12.8. The van der Waals surface area contributed by atoms with E-state index in [9.17, 15) is 14.9 Å². The average Bonchev–Trinajstić information content (AvgIpc) is 3.05. The van der Waals surface area contributed by atoms with E-state index in [2.05, 4.69) is 10.3 Å². The summed E-state index contributed by atoms with van der Waals surface area (Å²) >= 11 is 1.18. The number of rotatable bonds is 4. The second-order valence-corrected chi connectivity index (χ2v) is 7.50. The van der Waals surface area contributed by atoms with Crippen LogP contribution in [0.1, 0.15) is 15.2 Å². The second-order valence-electron chi connectivity index (χ2n) is 6.50. The number of carbonyl (C=O) groups is 1. The first-order chi connectivity index (χ1) is 13.9. The molecule has 0 aliphatic heterocycles. The number of thiophene rings is 1. The molecular weight excluding hydrogens is 388 g/mol. The molecule has 0 bridgehead atoms. The van der Waals surface area contributed by atoms with Gasteiger partial charge in [-0.2, -0.15) is 0 Å². The van der Waals surface area contributed by atoms with Gasteiger partial charge in [0.15, 0.2) is 0 Å². The smallest absolute Gasteiger partial charge is 0.339 e. The normalized spacial score (nSPS) is 10.8. The lowest BCUT2D eigenvalue weighted by Gasteiger charge is -2.03. The summed E-state index contributed by atoms with van der Waals surface area (Å²) in [4.78, 5) is 29.3. The van der Waals surface area contributed by atoms with E-state index in [1.807, 2.05) is 43.3 Å². The van der Waals surface area contributed by atoms with E-state index < -0.39 is 5.91 Å². The molecule has 4 aromatic rings. The minimum Gasteiger partial charge on any atom is -0.397 e. The van der Waals surface area contributed by atoms with Gasteiger partial charge in [-0.25, -0.2) is 10.2 Å². The molecule has 2 heterocycles. The van der Waals surface area contributed by atoms with E-state index in [0.29, 0.717) is 20.8 Å². The number of hydrogen-bond donors (Lipinski definition) is 3. The van der Waals surface area contributed by atoms with Crippen molar-refractivity contribution in [3.05, 3.63) is 76.0 Å². The van der Waals surface area contributed by atoms with Crippen LogP contribution in [-0.2, 0) is 0 Å². The highest BCUT2D eigenvalue weighted by atomic mass is 32.1. The number of amides is 1. The van der Waals surface area contributed by atoms with E-state index in [4.69, 9.17) is 5.73 Å². The molecule has 0 saturated heterocycles. The third-order valence-corrected chi connectivity index (χ3v) is 5.62. The highest BCUT2D eigenvalue weighted by molar-refractivity contribution is 7.21. The molecular formula is C21H17N4O3S+. The highest BCUT2D eigenvalue weighted by Crippen LogP contribution is 2.35. The molecule has 4 rings (SSSR count). The van der Waals surface area contributed by atoms with Crippen molar-refractivity contribution in [3.8, 4) is 11.3 Å². The molecule has 0 fully saturated rings. The zero-order valence-electron chi connectivity index (χ0n) is 15.4. The Morgan fingerprint density at radius 2 is 1.83 bits per heavy atom. The van der Waals surface area contributed by atoms with E-state index >= 15 is 0 Å². The lowest BCUT2D eigenvalue weighted by Crippen LogP contribution is -2.13. The van der Waals surface area contributed by atoms with E-state index in [0.717, 1.165) is 16.8 Å². The molecule has 0 saturated carbocycles. The number of aromatic nitrogens is 1. The Labute approximate surface area is 170 Å². The summed E-state index contributed by atoms with van der Waals surface area (Å²) in [5.41, 5.74) is 9.55. The second kappa shape index (κ2) is 7.33. The van der Waals surface area contributed by atoms with Gasteiger partial charge in [0, 0.05) is 17.0 Å². The maximum atomic E-state index is 12.8. The molecule has 2 aromatic heterocycles. The molecule has 0 aliphatic carbocycles. The first kappa shape index (κ1) is 18.6. The van der Waals surface area contributed by atoms with Crippen LogP contribution in [0.25, 0.3) is 21.5 Å². The predicted molar refractivity (Wildman–Crippen MR) is 114 cm³/mol. The van der Waals surface area contributed by atoms with Gasteiger partial charge in [0.05, 0.1) is 16.3 Å². The fourth-order valence-corrected chi connectivity index (χ4v) is 3.97. The molecule has 4 N–H and O–H groups in total. The van der Waals surface area contributed by atoms with Crippen molar-refractivity contribution in [2.45, 2.75) is 6.92 Å². The SMILES string of the molecule is Cc1ccc(-c2ccc3c(N)c(C(=O)Nc4ccccc4[N+](=O)O)sc3n2)cc1. The van der Waals surface area contributed by atoms with Crippen molar-refractivity contribution < 1.29 is 14.9 Å². The molecule has 7 nitrogen and oxygen atoms in total. The molecule has 29 heavy (non-hydrogen) atoms. The summed E-state index contributed by atoms with van der Waals surface area (Å²) in [6.45, 7) is 2.02. The fraction of sp³-hybridized carbons (Fsp3) is 0.0476. The Morgan fingerprint density at radius 3 is 2.55 bits per heavy atom. The van der Waals surface area contributed by atoms with Crippen molar-refractivity contribution >= 4 is 44.5 Å². The van der Waals surface area contributed by atoms with Crippen molar-refractivity contribution in [2.75, 3.05) is 11.1 Å². The fourth-order valence-electron chi connectivity index (χ4n) is 2.98. The van der Waals surface area contributed by atoms with Crippen LogP contribution in [0.15, 0.2) is 60.7 Å². The van der Waals surface area contributed by atoms with Crippen molar-refractivity contribution in [1.82, 2.24) is 4.98 Å². The third-order valence-electron chi connectivity index (χ3n) is 4.51. The Balaban J connectivity index is 1.69. The Bertz CT molecular complexity index is 1250. The van der Waals surface area contributed by atoms with Gasteiger partial charge in [0.2, 0.25) is 0 Å². The van der Waals surface area contributed by atoms with Gasteiger partial charge in [-0.15, -0.1) is 11.3 Å². The number of hydrogen-bond acceptors (Lipinski definition) is 5. The standard InChI is InChI=1S/C21H16N4O3S/c1-12-6-8-13(9-7-12)15-11-10-14-18(22)19(29-21(14)24-15)20(26)23-16-4-2-3-5-17(16)25(27)28/h2-11H,1H3,(H3-,22,23,26,27,28)/p+1. The topological polar surface area (TPSA) is 108 Å². The van der Waals surface area contributed by atoms with E-state index in [-0.39, 0.29) is 16.3 Å². The number of carbonyl (C=O) groups excluding carboxylic acids is 1. The number of pyridine rings is 1. The molecule has 0 spiro atoms. The minimum atomic E-state index is -0.475. The number of nitrogens with zero attached hydrogens (tertiary/aromatic N) is 2. The summed E-state index contributed by atoms with van der Waals surface area (Å²) in [5, 5.41) is 12.5. The van der Waals surface area contributed by atoms with Gasteiger partial charge < -0.3 is 11.1 Å². The van der Waals surface area contributed by atoms with Crippen LogP contribution < -0.4 is 11.1 Å². The van der Waals surface area contributed by atoms with Crippen LogP contribution >= 0.6 is 11.3 Å². The lowest BCUT2D eigenvalue weighted by atomic mass is 10.1. The molecule has 144 valence electrons. The van der Waals surface area contributed by atoms with Crippen LogP contribution in [0.2, 0.25) is 0 Å². The number of nitrogens with two attached hydrogens (primary N) is 1. The summed E-state index contributed by atoms with van der Waals surface area (Å²) in [5.74, 6) is -0.475. The van der Waals surface area contributed by atoms with Crippen molar-refractivity contribution in [3.63, 3.8) is 0 Å². The number of benzene rings is 2. The van der Waals surface area contributed by atoms with Crippen LogP contribution in [0.4, 0.5) is 17.1 Å². The van der Waals surface area contributed by atoms with Crippen molar-refractivity contribution in [1.29, 1.82) is 0 Å². The highest BCUT2D eigenvalue weighted by Gasteiger charge is 2.23. The predicted octanol–water partition coefficient (Wildman–Crippen LogP) is 4.91. The zero-order valence-corrected chi connectivity index (χ0v) is 16.2. The van der Waals surface area contributed by atoms with Gasteiger partial charge in [0.1, 0.15) is 15.4 Å². The average molecular weight is 405 g/mol. The van der Waals surface area contributed by atoms with Gasteiger partial charge in [-0.1, -0.05) is 42.0 Å². The van der Waals surface area contributed by atoms with Gasteiger partial charge >= 0.3 is 5.69 Å². The molecule has 0 atom stereocenters. The number of fused-ring (bicyclic) bond motifs is 1. The molecule has 0 aliphatic rings. The number of nitrogens with one attached hydrogen (secondary N) is 1. The maximum Gasteiger partial charge on any atom is 0.339 e. The Kier molecular flexibility index (Phi) is 4.69. The van der Waals surface area contributed by atoms with Crippen molar-refractivity contribution in [2.24, 2.45) is 0 Å². The number of anilines is 2. The van der Waals surface area contributed by atoms with E-state index in [1.54, 1.807) is 12.1 Å². The lowest BCUT2D eigenvalue weighted by molar-refractivity contribution is -0.729. The molecule has 1 amide bonds. The van der Waals surface area contributed by atoms with Crippen LogP contribution in [0.5, 0.6) is 0 Å². The molecule has 8 heteroatoms. The largest absolute Gasteiger partial charge is 0.397 e. The quantitative estimate of drug-likeness (QED) is 0.418. The molecule has 2 aromatic carbocycles. The first-order valence-electron chi connectivity index (χ1n) is 8.76. The summed E-state index contributed by atoms with van der Waals surface area (Å²) in [6, 6.07) is 17.9. The molecule has 0 radical (unpaired) electrons. The third kappa shape index (κ3) is 3.53. The van der Waals surface area contributed by atoms with Gasteiger partial charge in [-0.05, 0) is 25.1 Å². The summed E-state index contributed by atoms with van der Waals surface area (Å²) in [7, 11) is 0. The van der Waals surface area contributed by atoms with Gasteiger partial charge in [-0.3, -0.25) is 4.79 Å². The monoisotopic (exact) mass is 405 g/mol. The Morgan fingerprint density at radius 1 is 1.10 bits per heavy atom. The number of aryl methyl sites for hydroxylation is 1. The summed E-state index contributed by atoms with van der Waals surface area (Å²) in [6.07, 6.45) is 0. The number of para-hydroxylation sites is 2. The minimum absolute atomic E-state index is 0.0692. The summed E-state index contributed by atoms with van der Waals surface area (Å²) < 4.78 is 0.